The number of aromatic nitrogens is 4. The van der Waals surface area contributed by atoms with E-state index in [1.54, 1.807) is 0 Å². The Kier molecular flexibility index (Phi) is 14.9. The van der Waals surface area contributed by atoms with E-state index in [2.05, 4.69) is 170 Å². The lowest BCUT2D eigenvalue weighted by atomic mass is 9.88. The van der Waals surface area contributed by atoms with Crippen LogP contribution in [-0.2, 0) is 10.8 Å². The Balaban J connectivity index is 0.000000183. The molecule has 0 amide bonds. The first-order valence-corrected chi connectivity index (χ1v) is 25.5. The summed E-state index contributed by atoms with van der Waals surface area (Å²) in [4.78, 5) is 34.4. The van der Waals surface area contributed by atoms with Crippen molar-refractivity contribution in [3.8, 4) is 0 Å². The highest BCUT2D eigenvalue weighted by atomic mass is 16.3. The number of anilines is 6. The molecular formula is C58H80N10O. The molecule has 11 heteroatoms. The zero-order valence-corrected chi connectivity index (χ0v) is 42.5. The molecule has 2 aliphatic carbocycles. The number of hydrogen-bond acceptors (Lipinski definition) is 11. The van der Waals surface area contributed by atoms with Crippen molar-refractivity contribution in [3.63, 3.8) is 0 Å². The molecular weight excluding hydrogens is 853 g/mol. The van der Waals surface area contributed by atoms with Crippen molar-refractivity contribution in [2.45, 2.75) is 109 Å². The van der Waals surface area contributed by atoms with Crippen molar-refractivity contribution in [3.05, 3.63) is 108 Å². The van der Waals surface area contributed by atoms with Crippen LogP contribution < -0.4 is 29.4 Å². The fourth-order valence-electron chi connectivity index (χ4n) is 10.5. The second-order valence-corrected chi connectivity index (χ2v) is 21.3. The molecule has 4 aliphatic rings. The van der Waals surface area contributed by atoms with Crippen LogP contribution in [0.1, 0.15) is 121 Å². The molecule has 10 rings (SSSR count). The molecule has 1 N–H and O–H groups in total. The number of likely N-dealkylation sites (N-methyl/N-ethyl adjacent to an activating group) is 1. The molecule has 0 unspecified atom stereocenters. The molecule has 4 heterocycles. The van der Waals surface area contributed by atoms with Crippen LogP contribution in [0.15, 0.2) is 84.9 Å². The molecule has 2 aromatic heterocycles. The fourth-order valence-corrected chi connectivity index (χ4v) is 10.5. The van der Waals surface area contributed by atoms with Gasteiger partial charge in [-0.3, -0.25) is 0 Å². The van der Waals surface area contributed by atoms with Gasteiger partial charge in [0, 0.05) is 126 Å². The summed E-state index contributed by atoms with van der Waals surface area (Å²) in [5.41, 5.74) is 10.3. The lowest BCUT2D eigenvalue weighted by Gasteiger charge is -2.35. The maximum Gasteiger partial charge on any atom is 0.140 e. The van der Waals surface area contributed by atoms with Gasteiger partial charge >= 0.3 is 0 Å². The normalized spacial score (nSPS) is 17.5. The van der Waals surface area contributed by atoms with Gasteiger partial charge in [0.25, 0.3) is 0 Å². The zero-order valence-electron chi connectivity index (χ0n) is 42.5. The van der Waals surface area contributed by atoms with Gasteiger partial charge in [0.05, 0.1) is 17.6 Å². The third-order valence-electron chi connectivity index (χ3n) is 15.6. The number of piperidine rings is 2. The van der Waals surface area contributed by atoms with E-state index in [4.69, 9.17) is 19.9 Å². The number of benzene rings is 4. The lowest BCUT2D eigenvalue weighted by Crippen LogP contribution is -2.34. The highest BCUT2D eigenvalue weighted by Gasteiger charge is 2.44. The van der Waals surface area contributed by atoms with Crippen LogP contribution in [-0.4, -0.2) is 113 Å². The molecule has 368 valence electrons. The molecule has 0 atom stereocenters. The minimum absolute atomic E-state index is 0. The number of aliphatic hydroxyl groups is 1. The summed E-state index contributed by atoms with van der Waals surface area (Å²) in [6.45, 7) is 12.7. The van der Waals surface area contributed by atoms with Gasteiger partial charge in [0.2, 0.25) is 0 Å². The predicted molar refractivity (Wildman–Crippen MR) is 293 cm³/mol. The molecule has 11 nitrogen and oxygen atoms in total. The van der Waals surface area contributed by atoms with Gasteiger partial charge < -0.3 is 34.5 Å². The van der Waals surface area contributed by atoms with Crippen molar-refractivity contribution >= 4 is 56.2 Å². The predicted octanol–water partition coefficient (Wildman–Crippen LogP) is 11.2. The molecule has 0 radical (unpaired) electrons. The minimum atomic E-state index is 0. The Bertz CT molecular complexity index is 2510. The maximum atomic E-state index is 9.40. The lowest BCUT2D eigenvalue weighted by molar-refractivity contribution is 0.304. The van der Waals surface area contributed by atoms with E-state index in [9.17, 15) is 5.11 Å². The third-order valence-corrected chi connectivity index (χ3v) is 15.6. The zero-order chi connectivity index (χ0) is 47.7. The first kappa shape index (κ1) is 49.7. The fraction of sp³-hybridized carbons (Fsp3) is 0.517. The molecule has 6 aromatic rings. The summed E-state index contributed by atoms with van der Waals surface area (Å²) in [7, 11) is 12.8. The summed E-state index contributed by atoms with van der Waals surface area (Å²) in [6.07, 6.45) is 10.4. The SMILES string of the molecule is C.CCCN(C)c1ccc2nc(C3(C)CC3)nc(N3CCC(c4ccccc4N(C)C)CC3)c2c1.CN(C)c1ccccc1C1CCN(c2nc(C3(C)CC3)nc3ccc(N(C)CCO)cc23)CC1. The van der Waals surface area contributed by atoms with Crippen LogP contribution in [0.2, 0.25) is 0 Å². The van der Waals surface area contributed by atoms with Crippen molar-refractivity contribution in [2.75, 3.05) is 118 Å². The van der Waals surface area contributed by atoms with Crippen LogP contribution in [0.4, 0.5) is 34.4 Å². The Hall–Kier alpha value is -5.68. The molecule has 2 aliphatic heterocycles. The number of fused-ring (bicyclic) bond motifs is 2. The molecule has 0 bridgehead atoms. The average molecular weight is 933 g/mol. The first-order valence-electron chi connectivity index (χ1n) is 25.5. The van der Waals surface area contributed by atoms with Gasteiger partial charge in [-0.15, -0.1) is 0 Å². The molecule has 4 aromatic carbocycles. The standard InChI is InChI=1S/C29H39N5.C28H37N5O.CH4/c1-6-17-33(5)22-11-12-25-24(20-22)27(31-28(30-25)29(2)15-16-29)34-18-13-21(14-19-34)23-9-7-8-10-26(23)32(3)4;1-28(13-14-28)27-29-24-10-9-21(32(4)17-18-34)19-23(24)26(30-27)33-15-11-20(12-16-33)22-7-5-6-8-25(22)31(2)3;/h7-12,20-21H,6,13-19H2,1-5H3;5-10,19-20,34H,11-18H2,1-4H3;1H4. The van der Waals surface area contributed by atoms with E-state index in [0.717, 1.165) is 110 Å². The monoisotopic (exact) mass is 933 g/mol. The topological polar surface area (TPSA) is 91.2 Å². The molecule has 2 saturated carbocycles. The van der Waals surface area contributed by atoms with E-state index in [1.165, 1.54) is 59.3 Å². The van der Waals surface area contributed by atoms with Crippen LogP contribution in [0, 0.1) is 0 Å². The average Bonchev–Trinajstić information content (AvgIpc) is 4.31. The minimum Gasteiger partial charge on any atom is -0.395 e. The molecule has 4 fully saturated rings. The van der Waals surface area contributed by atoms with Crippen molar-refractivity contribution in [2.24, 2.45) is 0 Å². The summed E-state index contributed by atoms with van der Waals surface area (Å²) < 4.78 is 0. The number of rotatable bonds is 14. The number of hydrogen-bond donors (Lipinski definition) is 1. The Morgan fingerprint density at radius 3 is 1.30 bits per heavy atom. The third kappa shape index (κ3) is 10.6. The largest absolute Gasteiger partial charge is 0.395 e. The quantitative estimate of drug-likeness (QED) is 0.113. The number of para-hydroxylation sites is 2. The molecule has 2 saturated heterocycles. The highest BCUT2D eigenvalue weighted by Crippen LogP contribution is 2.49. The Morgan fingerprint density at radius 1 is 0.551 bits per heavy atom. The van der Waals surface area contributed by atoms with E-state index in [0.29, 0.717) is 18.4 Å². The van der Waals surface area contributed by atoms with Gasteiger partial charge in [0.15, 0.2) is 0 Å². The second-order valence-electron chi connectivity index (χ2n) is 21.3. The van der Waals surface area contributed by atoms with E-state index in [1.807, 2.05) is 7.05 Å². The van der Waals surface area contributed by atoms with Crippen molar-refractivity contribution in [1.29, 1.82) is 0 Å². The van der Waals surface area contributed by atoms with Gasteiger partial charge in [-0.2, -0.15) is 0 Å². The molecule has 0 spiro atoms. The molecule has 69 heavy (non-hydrogen) atoms. The van der Waals surface area contributed by atoms with Gasteiger partial charge in [-0.1, -0.05) is 64.6 Å². The summed E-state index contributed by atoms with van der Waals surface area (Å²) in [6, 6.07) is 30.9. The van der Waals surface area contributed by atoms with Crippen LogP contribution in [0.25, 0.3) is 21.8 Å². The summed E-state index contributed by atoms with van der Waals surface area (Å²) in [5, 5.41) is 11.7. The first-order chi connectivity index (χ1) is 32.8. The van der Waals surface area contributed by atoms with E-state index < -0.39 is 0 Å². The van der Waals surface area contributed by atoms with Crippen LogP contribution in [0.3, 0.4) is 0 Å². The van der Waals surface area contributed by atoms with Crippen molar-refractivity contribution in [1.82, 2.24) is 19.9 Å². The number of aliphatic hydroxyl groups excluding tert-OH is 1. The van der Waals surface area contributed by atoms with Crippen LogP contribution in [0.5, 0.6) is 0 Å². The summed E-state index contributed by atoms with van der Waals surface area (Å²) in [5.74, 6) is 5.39. The van der Waals surface area contributed by atoms with E-state index >= 15 is 0 Å². The maximum absolute atomic E-state index is 9.40. The highest BCUT2D eigenvalue weighted by molar-refractivity contribution is 5.93. The number of nitrogens with zero attached hydrogens (tertiary/aromatic N) is 10. The van der Waals surface area contributed by atoms with E-state index in [-0.39, 0.29) is 24.9 Å². The van der Waals surface area contributed by atoms with Gasteiger partial charge in [-0.25, -0.2) is 19.9 Å². The van der Waals surface area contributed by atoms with Gasteiger partial charge in [0.1, 0.15) is 23.3 Å². The van der Waals surface area contributed by atoms with Crippen molar-refractivity contribution < 1.29 is 5.11 Å². The smallest absolute Gasteiger partial charge is 0.140 e. The second kappa shape index (κ2) is 20.7. The Morgan fingerprint density at radius 2 is 0.942 bits per heavy atom. The Labute approximate surface area is 413 Å². The summed E-state index contributed by atoms with van der Waals surface area (Å²) >= 11 is 0. The van der Waals surface area contributed by atoms with Crippen LogP contribution >= 0.6 is 0 Å². The van der Waals surface area contributed by atoms with Gasteiger partial charge in [-0.05, 0) is 129 Å².